The van der Waals surface area contributed by atoms with Gasteiger partial charge in [-0.05, 0) is 48.9 Å². The molecule has 0 aliphatic heterocycles. The molecule has 0 aromatic heterocycles. The predicted molar refractivity (Wildman–Crippen MR) is 121 cm³/mol. The second-order valence-corrected chi connectivity index (χ2v) is 7.78. The molecule has 0 radical (unpaired) electrons. The smallest absolute Gasteiger partial charge is 0.123 e. The fraction of sp³-hybridized carbons (Fsp3) is 0.333. The lowest BCUT2D eigenvalue weighted by Crippen LogP contribution is -1.93. The number of hydrogen-bond acceptors (Lipinski definition) is 2. The van der Waals surface area contributed by atoms with Crippen LogP contribution < -0.4 is 0 Å². The van der Waals surface area contributed by atoms with Gasteiger partial charge in [0.1, 0.15) is 11.5 Å². The molecule has 2 N–H and O–H groups in total. The van der Waals surface area contributed by atoms with Gasteiger partial charge in [0.05, 0.1) is 0 Å². The highest BCUT2D eigenvalue weighted by Gasteiger charge is 2.14. The topological polar surface area (TPSA) is 40.5 Å². The van der Waals surface area contributed by atoms with Crippen molar-refractivity contribution in [2.24, 2.45) is 0 Å². The Morgan fingerprint density at radius 1 is 0.483 bits per heavy atom. The van der Waals surface area contributed by atoms with Crippen LogP contribution in [-0.2, 0) is 12.8 Å². The first-order valence-electron chi connectivity index (χ1n) is 10.9. The van der Waals surface area contributed by atoms with Crippen LogP contribution >= 0.6 is 0 Å². The van der Waals surface area contributed by atoms with Crippen molar-refractivity contribution in [3.8, 4) is 22.6 Å². The van der Waals surface area contributed by atoms with Crippen molar-refractivity contribution in [2.45, 2.75) is 57.8 Å². The maximum absolute atomic E-state index is 10.4. The minimum Gasteiger partial charge on any atom is -0.508 e. The van der Waals surface area contributed by atoms with E-state index in [1.807, 2.05) is 30.3 Å². The fourth-order valence-electron chi connectivity index (χ4n) is 3.96. The fourth-order valence-corrected chi connectivity index (χ4v) is 3.96. The summed E-state index contributed by atoms with van der Waals surface area (Å²) in [6.45, 7) is 0. The second kappa shape index (κ2) is 11.3. The molecule has 0 saturated carbocycles. The van der Waals surface area contributed by atoms with E-state index < -0.39 is 0 Å². The van der Waals surface area contributed by atoms with Gasteiger partial charge in [-0.3, -0.25) is 0 Å². The summed E-state index contributed by atoms with van der Waals surface area (Å²) in [5.41, 5.74) is 4.02. The molecule has 0 amide bonds. The van der Waals surface area contributed by atoms with E-state index in [9.17, 15) is 10.2 Å². The Hall–Kier alpha value is -2.74. The lowest BCUT2D eigenvalue weighted by atomic mass is 9.93. The molecule has 3 aromatic rings. The predicted octanol–water partition coefficient (Wildman–Crippen LogP) is 7.28. The maximum atomic E-state index is 10.4. The monoisotopic (exact) mass is 388 g/mol. The number of phenols is 2. The van der Waals surface area contributed by atoms with Gasteiger partial charge in [0.25, 0.3) is 0 Å². The molecule has 0 spiro atoms. The third-order valence-corrected chi connectivity index (χ3v) is 5.56. The molecule has 29 heavy (non-hydrogen) atoms. The molecule has 3 rings (SSSR count). The van der Waals surface area contributed by atoms with E-state index in [1.165, 1.54) is 44.1 Å². The summed E-state index contributed by atoms with van der Waals surface area (Å²) >= 11 is 0. The lowest BCUT2D eigenvalue weighted by molar-refractivity contribution is 0.454. The molecule has 0 bridgehead atoms. The van der Waals surface area contributed by atoms with Crippen LogP contribution in [0.4, 0.5) is 0 Å². The van der Waals surface area contributed by atoms with E-state index in [0.717, 1.165) is 36.0 Å². The molecule has 2 nitrogen and oxygen atoms in total. The number of aryl methyl sites for hydroxylation is 1. The van der Waals surface area contributed by atoms with E-state index in [0.29, 0.717) is 0 Å². The zero-order valence-electron chi connectivity index (χ0n) is 17.2. The Labute approximate surface area is 174 Å². The van der Waals surface area contributed by atoms with Gasteiger partial charge in [-0.25, -0.2) is 0 Å². The van der Waals surface area contributed by atoms with Gasteiger partial charge in [-0.2, -0.15) is 0 Å². The highest BCUT2D eigenvalue weighted by molar-refractivity contribution is 5.76. The first-order chi connectivity index (χ1) is 14.3. The zero-order valence-corrected chi connectivity index (χ0v) is 17.2. The first kappa shape index (κ1) is 21.0. The number of rotatable bonds is 11. The normalized spacial score (nSPS) is 10.9. The van der Waals surface area contributed by atoms with Crippen molar-refractivity contribution in [1.82, 2.24) is 0 Å². The quantitative estimate of drug-likeness (QED) is 0.268. The van der Waals surface area contributed by atoms with Crippen LogP contribution in [0.15, 0.2) is 72.8 Å². The molecule has 0 fully saturated rings. The van der Waals surface area contributed by atoms with Crippen LogP contribution in [0.3, 0.4) is 0 Å². The standard InChI is InChI=1S/C27H32O2/c28-25-20-21-26(29)27(23-17-11-7-12-18-23)24(25)19-13-5-3-1-2-4-8-14-22-15-9-6-10-16-22/h6-7,9-12,15-18,20-21,28-29H,1-5,8,13-14,19H2. The zero-order chi connectivity index (χ0) is 20.3. The van der Waals surface area contributed by atoms with Crippen LogP contribution in [0, 0.1) is 0 Å². The molecule has 3 aromatic carbocycles. The molecular formula is C27H32O2. The maximum Gasteiger partial charge on any atom is 0.123 e. The molecule has 152 valence electrons. The van der Waals surface area contributed by atoms with Crippen LogP contribution in [0.25, 0.3) is 11.1 Å². The molecule has 0 aliphatic rings. The minimum atomic E-state index is 0.238. The van der Waals surface area contributed by atoms with E-state index in [1.54, 1.807) is 12.1 Å². The van der Waals surface area contributed by atoms with Crippen LogP contribution in [0.2, 0.25) is 0 Å². The highest BCUT2D eigenvalue weighted by Crippen LogP contribution is 2.38. The average molecular weight is 389 g/mol. The van der Waals surface area contributed by atoms with Gasteiger partial charge in [-0.15, -0.1) is 0 Å². The van der Waals surface area contributed by atoms with Crippen LogP contribution in [-0.4, -0.2) is 10.2 Å². The number of aromatic hydroxyl groups is 2. The number of phenolic OH excluding ortho intramolecular Hbond substituents is 2. The minimum absolute atomic E-state index is 0.238. The summed E-state index contributed by atoms with van der Waals surface area (Å²) < 4.78 is 0. The molecular weight excluding hydrogens is 356 g/mol. The highest BCUT2D eigenvalue weighted by atomic mass is 16.3. The van der Waals surface area contributed by atoms with Gasteiger partial charge in [0.15, 0.2) is 0 Å². The molecule has 0 heterocycles. The largest absolute Gasteiger partial charge is 0.508 e. The summed E-state index contributed by atoms with van der Waals surface area (Å²) in [6.07, 6.45) is 10.5. The van der Waals surface area contributed by atoms with E-state index in [-0.39, 0.29) is 11.5 Å². The Balaban J connectivity index is 1.39. The van der Waals surface area contributed by atoms with Crippen molar-refractivity contribution >= 4 is 0 Å². The van der Waals surface area contributed by atoms with Crippen molar-refractivity contribution in [3.63, 3.8) is 0 Å². The van der Waals surface area contributed by atoms with Crippen LogP contribution in [0.1, 0.15) is 56.1 Å². The number of hydrogen-bond donors (Lipinski definition) is 2. The molecule has 0 saturated heterocycles. The molecule has 0 aliphatic carbocycles. The van der Waals surface area contributed by atoms with E-state index in [4.69, 9.17) is 0 Å². The third-order valence-electron chi connectivity index (χ3n) is 5.56. The van der Waals surface area contributed by atoms with E-state index >= 15 is 0 Å². The second-order valence-electron chi connectivity index (χ2n) is 7.78. The Morgan fingerprint density at radius 2 is 1.00 bits per heavy atom. The van der Waals surface area contributed by atoms with E-state index in [2.05, 4.69) is 30.3 Å². The van der Waals surface area contributed by atoms with Crippen molar-refractivity contribution < 1.29 is 10.2 Å². The first-order valence-corrected chi connectivity index (χ1v) is 10.9. The van der Waals surface area contributed by atoms with Gasteiger partial charge < -0.3 is 10.2 Å². The summed E-state index contributed by atoms with van der Waals surface area (Å²) in [5, 5.41) is 20.7. The number of unbranched alkanes of at least 4 members (excludes halogenated alkanes) is 6. The Morgan fingerprint density at radius 3 is 1.66 bits per heavy atom. The SMILES string of the molecule is Oc1ccc(O)c(-c2ccccc2)c1CCCCCCCCCc1ccccc1. The van der Waals surface area contributed by atoms with Gasteiger partial charge in [0.2, 0.25) is 0 Å². The molecule has 0 unspecified atom stereocenters. The van der Waals surface area contributed by atoms with Gasteiger partial charge in [-0.1, -0.05) is 92.8 Å². The van der Waals surface area contributed by atoms with Gasteiger partial charge >= 0.3 is 0 Å². The molecule has 2 heteroatoms. The summed E-state index contributed by atoms with van der Waals surface area (Å²) in [4.78, 5) is 0. The summed E-state index contributed by atoms with van der Waals surface area (Å²) in [7, 11) is 0. The average Bonchev–Trinajstić information content (AvgIpc) is 2.76. The third kappa shape index (κ3) is 6.39. The number of benzene rings is 3. The lowest BCUT2D eigenvalue weighted by Gasteiger charge is -2.14. The van der Waals surface area contributed by atoms with Crippen molar-refractivity contribution in [1.29, 1.82) is 0 Å². The van der Waals surface area contributed by atoms with Crippen molar-refractivity contribution in [2.75, 3.05) is 0 Å². The Bertz CT molecular complexity index is 856. The van der Waals surface area contributed by atoms with Gasteiger partial charge in [0, 0.05) is 11.1 Å². The van der Waals surface area contributed by atoms with Crippen molar-refractivity contribution in [3.05, 3.63) is 83.9 Å². The van der Waals surface area contributed by atoms with Crippen LogP contribution in [0.5, 0.6) is 11.5 Å². The summed E-state index contributed by atoms with van der Waals surface area (Å²) in [6, 6.07) is 23.7. The molecule has 0 atom stereocenters. The summed E-state index contributed by atoms with van der Waals surface area (Å²) in [5.74, 6) is 0.519. The Kier molecular flexibility index (Phi) is 8.18.